The SMILES string of the molecule is CCCS(=O)(=O)Nc1cccc(NC(=O)Cc2ccc(C(F)(F)F)cc2)c1C. The lowest BCUT2D eigenvalue weighted by Gasteiger charge is -2.14. The van der Waals surface area contributed by atoms with Crippen LogP contribution in [-0.4, -0.2) is 20.1 Å². The van der Waals surface area contributed by atoms with Gasteiger partial charge in [0.05, 0.1) is 23.4 Å². The van der Waals surface area contributed by atoms with E-state index >= 15 is 0 Å². The zero-order valence-electron chi connectivity index (χ0n) is 15.4. The van der Waals surface area contributed by atoms with Crippen molar-refractivity contribution < 1.29 is 26.4 Å². The maximum atomic E-state index is 12.6. The van der Waals surface area contributed by atoms with Crippen LogP contribution in [0.15, 0.2) is 42.5 Å². The monoisotopic (exact) mass is 414 g/mol. The first kappa shape index (κ1) is 21.7. The second kappa shape index (κ2) is 8.64. The molecule has 0 spiro atoms. The van der Waals surface area contributed by atoms with Gasteiger partial charge in [0.25, 0.3) is 0 Å². The van der Waals surface area contributed by atoms with Crippen molar-refractivity contribution in [2.45, 2.75) is 32.9 Å². The zero-order chi connectivity index (χ0) is 20.9. The molecule has 1 amide bonds. The largest absolute Gasteiger partial charge is 0.416 e. The van der Waals surface area contributed by atoms with E-state index in [-0.39, 0.29) is 12.2 Å². The van der Waals surface area contributed by atoms with Crippen LogP contribution in [0.25, 0.3) is 0 Å². The number of amides is 1. The number of rotatable bonds is 7. The molecule has 0 saturated carbocycles. The molecule has 0 radical (unpaired) electrons. The lowest BCUT2D eigenvalue weighted by Crippen LogP contribution is -2.18. The van der Waals surface area contributed by atoms with E-state index in [0.29, 0.717) is 28.9 Å². The molecule has 28 heavy (non-hydrogen) atoms. The molecule has 0 bridgehead atoms. The number of carbonyl (C=O) groups is 1. The highest BCUT2D eigenvalue weighted by molar-refractivity contribution is 7.92. The smallest absolute Gasteiger partial charge is 0.325 e. The van der Waals surface area contributed by atoms with Crippen molar-refractivity contribution in [1.82, 2.24) is 0 Å². The van der Waals surface area contributed by atoms with Gasteiger partial charge in [-0.05, 0) is 48.7 Å². The Morgan fingerprint density at radius 1 is 1.04 bits per heavy atom. The fourth-order valence-electron chi connectivity index (χ4n) is 2.56. The third kappa shape index (κ3) is 5.98. The summed E-state index contributed by atoms with van der Waals surface area (Å²) in [4.78, 5) is 12.2. The molecule has 9 heteroatoms. The van der Waals surface area contributed by atoms with Crippen molar-refractivity contribution in [3.8, 4) is 0 Å². The van der Waals surface area contributed by atoms with Crippen LogP contribution in [0.2, 0.25) is 0 Å². The van der Waals surface area contributed by atoms with E-state index in [1.54, 1.807) is 32.0 Å². The Kier molecular flexibility index (Phi) is 6.71. The molecule has 152 valence electrons. The Morgan fingerprint density at radius 3 is 2.21 bits per heavy atom. The molecule has 5 nitrogen and oxygen atoms in total. The molecule has 0 fully saturated rings. The van der Waals surface area contributed by atoms with Gasteiger partial charge in [0, 0.05) is 5.69 Å². The summed E-state index contributed by atoms with van der Waals surface area (Å²) in [5.74, 6) is -0.437. The summed E-state index contributed by atoms with van der Waals surface area (Å²) in [6.07, 6.45) is -4.06. The average Bonchev–Trinajstić information content (AvgIpc) is 2.58. The van der Waals surface area contributed by atoms with Gasteiger partial charge in [-0.2, -0.15) is 13.2 Å². The summed E-state index contributed by atoms with van der Waals surface area (Å²) in [7, 11) is -3.47. The quantitative estimate of drug-likeness (QED) is 0.707. The molecule has 2 rings (SSSR count). The van der Waals surface area contributed by atoms with Gasteiger partial charge in [-0.15, -0.1) is 0 Å². The van der Waals surface area contributed by atoms with E-state index in [4.69, 9.17) is 0 Å². The van der Waals surface area contributed by atoms with Crippen molar-refractivity contribution in [2.24, 2.45) is 0 Å². The maximum Gasteiger partial charge on any atom is 0.416 e. The molecule has 0 aliphatic heterocycles. The van der Waals surface area contributed by atoms with E-state index in [9.17, 15) is 26.4 Å². The second-order valence-corrected chi connectivity index (χ2v) is 8.16. The Hall–Kier alpha value is -2.55. The Bertz CT molecular complexity index is 940. The van der Waals surface area contributed by atoms with Crippen molar-refractivity contribution in [1.29, 1.82) is 0 Å². The molecule has 2 N–H and O–H groups in total. The third-order valence-corrected chi connectivity index (χ3v) is 5.47. The molecule has 2 aromatic carbocycles. The number of halogens is 3. The summed E-state index contributed by atoms with van der Waals surface area (Å²) in [6.45, 7) is 3.42. The van der Waals surface area contributed by atoms with Crippen molar-refractivity contribution >= 4 is 27.3 Å². The number of alkyl halides is 3. The van der Waals surface area contributed by atoms with Gasteiger partial charge in [-0.25, -0.2) is 8.42 Å². The molecule has 0 aliphatic carbocycles. The number of nitrogens with one attached hydrogen (secondary N) is 2. The van der Waals surface area contributed by atoms with E-state index in [0.717, 1.165) is 12.1 Å². The van der Waals surface area contributed by atoms with Crippen molar-refractivity contribution in [2.75, 3.05) is 15.8 Å². The van der Waals surface area contributed by atoms with Crippen LogP contribution in [0.4, 0.5) is 24.5 Å². The van der Waals surface area contributed by atoms with Gasteiger partial charge in [0.1, 0.15) is 0 Å². The van der Waals surface area contributed by atoms with Crippen LogP contribution in [0.1, 0.15) is 30.0 Å². The van der Waals surface area contributed by atoms with Crippen molar-refractivity contribution in [3.05, 3.63) is 59.2 Å². The predicted molar refractivity (Wildman–Crippen MR) is 103 cm³/mol. The number of sulfonamides is 1. The number of carbonyl (C=O) groups excluding carboxylic acids is 1. The van der Waals surface area contributed by atoms with Crippen LogP contribution in [0, 0.1) is 6.92 Å². The maximum absolute atomic E-state index is 12.6. The Balaban J connectivity index is 2.09. The molecule has 0 atom stereocenters. The lowest BCUT2D eigenvalue weighted by molar-refractivity contribution is -0.137. The summed E-state index contributed by atoms with van der Waals surface area (Å²) in [5.41, 5.74) is 0.986. The van der Waals surface area contributed by atoms with E-state index < -0.39 is 27.7 Å². The Labute approximate surface area is 162 Å². The van der Waals surface area contributed by atoms with Gasteiger partial charge in [-0.3, -0.25) is 9.52 Å². The normalized spacial score (nSPS) is 11.9. The molecule has 0 aromatic heterocycles. The number of anilines is 2. The highest BCUT2D eigenvalue weighted by Crippen LogP contribution is 2.29. The molecule has 2 aromatic rings. The summed E-state index contributed by atoms with van der Waals surface area (Å²) >= 11 is 0. The fourth-order valence-corrected chi connectivity index (χ4v) is 3.76. The molecule has 0 heterocycles. The van der Waals surface area contributed by atoms with Gasteiger partial charge in [0.2, 0.25) is 15.9 Å². The van der Waals surface area contributed by atoms with Crippen LogP contribution in [0.3, 0.4) is 0 Å². The number of hydrogen-bond acceptors (Lipinski definition) is 3. The van der Waals surface area contributed by atoms with Gasteiger partial charge >= 0.3 is 6.18 Å². The van der Waals surface area contributed by atoms with E-state index in [1.807, 2.05) is 0 Å². The van der Waals surface area contributed by atoms with E-state index in [1.165, 1.54) is 12.1 Å². The summed E-state index contributed by atoms with van der Waals surface area (Å²) in [6, 6.07) is 9.18. The van der Waals surface area contributed by atoms with Crippen molar-refractivity contribution in [3.63, 3.8) is 0 Å². The summed E-state index contributed by atoms with van der Waals surface area (Å²) in [5, 5.41) is 2.67. The van der Waals surface area contributed by atoms with E-state index in [2.05, 4.69) is 10.0 Å². The second-order valence-electron chi connectivity index (χ2n) is 6.32. The molecular formula is C19H21F3N2O3S. The molecule has 0 saturated heterocycles. The lowest BCUT2D eigenvalue weighted by atomic mass is 10.1. The highest BCUT2D eigenvalue weighted by atomic mass is 32.2. The minimum atomic E-state index is -4.43. The first-order valence-electron chi connectivity index (χ1n) is 8.58. The first-order valence-corrected chi connectivity index (χ1v) is 10.2. The van der Waals surface area contributed by atoms with Gasteiger partial charge < -0.3 is 5.32 Å². The average molecular weight is 414 g/mol. The predicted octanol–water partition coefficient (Wildman–Crippen LogP) is 4.35. The minimum Gasteiger partial charge on any atom is -0.325 e. The van der Waals surface area contributed by atoms with Crippen LogP contribution in [-0.2, 0) is 27.4 Å². The van der Waals surface area contributed by atoms with Crippen LogP contribution < -0.4 is 10.0 Å². The number of benzene rings is 2. The topological polar surface area (TPSA) is 75.3 Å². The third-order valence-electron chi connectivity index (χ3n) is 3.99. The number of hydrogen-bond donors (Lipinski definition) is 2. The van der Waals surface area contributed by atoms with Crippen LogP contribution >= 0.6 is 0 Å². The molecule has 0 unspecified atom stereocenters. The molecule has 0 aliphatic rings. The standard InChI is InChI=1S/C19H21F3N2O3S/c1-3-11-28(26,27)24-17-6-4-5-16(13(17)2)23-18(25)12-14-7-9-15(10-8-14)19(20,21)22/h4-10,24H,3,11-12H2,1-2H3,(H,23,25). The minimum absolute atomic E-state index is 0.0169. The van der Waals surface area contributed by atoms with Crippen LogP contribution in [0.5, 0.6) is 0 Å². The van der Waals surface area contributed by atoms with Gasteiger partial charge in [-0.1, -0.05) is 25.1 Å². The Morgan fingerprint density at radius 2 is 1.64 bits per heavy atom. The first-order chi connectivity index (χ1) is 13.0. The molecular weight excluding hydrogens is 393 g/mol. The highest BCUT2D eigenvalue weighted by Gasteiger charge is 2.30. The zero-order valence-corrected chi connectivity index (χ0v) is 16.2. The summed E-state index contributed by atoms with van der Waals surface area (Å²) < 4.78 is 64.1. The van der Waals surface area contributed by atoms with Gasteiger partial charge in [0.15, 0.2) is 0 Å². The fraction of sp³-hybridized carbons (Fsp3) is 0.316.